The van der Waals surface area contributed by atoms with E-state index in [1.165, 1.54) is 0 Å². The fourth-order valence-corrected chi connectivity index (χ4v) is 2.75. The predicted molar refractivity (Wildman–Crippen MR) is 88.7 cm³/mol. The molecule has 0 heterocycles. The molecule has 2 aromatic carbocycles. The zero-order chi connectivity index (χ0) is 14.7. The average molecular weight is 353 g/mol. The summed E-state index contributed by atoms with van der Waals surface area (Å²) in [6.07, 6.45) is 0. The van der Waals surface area contributed by atoms with Crippen molar-refractivity contribution in [3.05, 3.63) is 63.1 Å². The molecule has 0 aromatic heterocycles. The van der Waals surface area contributed by atoms with Crippen LogP contribution < -0.4 is 10.6 Å². The number of nitrogens with zero attached hydrogens (tertiary/aromatic N) is 1. The molecular weight excluding hydrogens is 338 g/mol. The van der Waals surface area contributed by atoms with Crippen molar-refractivity contribution in [2.24, 2.45) is 5.73 Å². The first-order chi connectivity index (χ1) is 9.47. The van der Waals surface area contributed by atoms with E-state index in [2.05, 4.69) is 20.8 Å². The van der Waals surface area contributed by atoms with E-state index >= 15 is 0 Å². The number of nitrogen functional groups attached to an aromatic ring is 1. The van der Waals surface area contributed by atoms with Crippen molar-refractivity contribution < 1.29 is 0 Å². The Hall–Kier alpha value is -1.52. The van der Waals surface area contributed by atoms with E-state index in [-0.39, 0.29) is 5.84 Å². The largest absolute Gasteiger partial charge is 0.384 e. The molecule has 0 unspecified atom stereocenters. The minimum absolute atomic E-state index is 0.0564. The molecule has 3 N–H and O–H groups in total. The second kappa shape index (κ2) is 6.29. The lowest BCUT2D eigenvalue weighted by atomic mass is 10.1. The zero-order valence-electron chi connectivity index (χ0n) is 11.0. The van der Waals surface area contributed by atoms with Gasteiger partial charge in [-0.3, -0.25) is 5.41 Å². The zero-order valence-corrected chi connectivity index (χ0v) is 13.4. The molecule has 5 heteroatoms. The third-order valence-corrected chi connectivity index (χ3v) is 3.88. The summed E-state index contributed by atoms with van der Waals surface area (Å²) >= 11 is 9.44. The normalized spacial score (nSPS) is 10.3. The summed E-state index contributed by atoms with van der Waals surface area (Å²) < 4.78 is 0.820. The maximum absolute atomic E-state index is 7.48. The Balaban J connectivity index is 2.19. The van der Waals surface area contributed by atoms with Crippen LogP contribution in [0, 0.1) is 5.41 Å². The van der Waals surface area contributed by atoms with Gasteiger partial charge < -0.3 is 10.6 Å². The quantitative estimate of drug-likeness (QED) is 0.645. The smallest absolute Gasteiger partial charge is 0.123 e. The standard InChI is InChI=1S/C15H15BrClN3/c1-20(9-10-3-2-4-11(17)7-10)12-5-6-13(15(18)19)14(16)8-12/h2-8H,9H2,1H3,(H3,18,19). The number of rotatable bonds is 4. The number of hydrogen-bond acceptors (Lipinski definition) is 2. The van der Waals surface area contributed by atoms with Crippen LogP contribution in [0.25, 0.3) is 0 Å². The molecule has 0 aliphatic carbocycles. The van der Waals surface area contributed by atoms with Gasteiger partial charge in [-0.15, -0.1) is 0 Å². The monoisotopic (exact) mass is 351 g/mol. The Morgan fingerprint density at radius 2 is 2.05 bits per heavy atom. The van der Waals surface area contributed by atoms with E-state index in [0.29, 0.717) is 5.56 Å². The Labute approximate surface area is 132 Å². The van der Waals surface area contributed by atoms with Gasteiger partial charge in [-0.05, 0) is 51.8 Å². The van der Waals surface area contributed by atoms with E-state index in [9.17, 15) is 0 Å². The second-order valence-corrected chi connectivity index (χ2v) is 5.85. The maximum Gasteiger partial charge on any atom is 0.123 e. The number of halogens is 2. The molecule has 0 atom stereocenters. The number of hydrogen-bond donors (Lipinski definition) is 2. The molecule has 2 aromatic rings. The molecular formula is C15H15BrClN3. The molecule has 0 aliphatic heterocycles. The van der Waals surface area contributed by atoms with E-state index in [1.807, 2.05) is 49.5 Å². The van der Waals surface area contributed by atoms with E-state index in [4.69, 9.17) is 22.7 Å². The average Bonchev–Trinajstić information content (AvgIpc) is 2.38. The van der Waals surface area contributed by atoms with Crippen LogP contribution >= 0.6 is 27.5 Å². The van der Waals surface area contributed by atoms with Gasteiger partial charge in [0.2, 0.25) is 0 Å². The molecule has 0 amide bonds. The van der Waals surface area contributed by atoms with Crippen molar-refractivity contribution in [2.75, 3.05) is 11.9 Å². The second-order valence-electron chi connectivity index (χ2n) is 4.56. The summed E-state index contributed by atoms with van der Waals surface area (Å²) in [4.78, 5) is 2.11. The highest BCUT2D eigenvalue weighted by Crippen LogP contribution is 2.24. The molecule has 0 aliphatic rings. The molecule has 104 valence electrons. The van der Waals surface area contributed by atoms with Crippen LogP contribution in [0.4, 0.5) is 5.69 Å². The van der Waals surface area contributed by atoms with Crippen molar-refractivity contribution in [1.82, 2.24) is 0 Å². The van der Waals surface area contributed by atoms with Gasteiger partial charge in [-0.25, -0.2) is 0 Å². The molecule has 0 saturated heterocycles. The van der Waals surface area contributed by atoms with Crippen molar-refractivity contribution >= 4 is 39.1 Å². The van der Waals surface area contributed by atoms with Crippen LogP contribution in [-0.4, -0.2) is 12.9 Å². The van der Waals surface area contributed by atoms with Gasteiger partial charge in [0.15, 0.2) is 0 Å². The van der Waals surface area contributed by atoms with Crippen molar-refractivity contribution in [3.63, 3.8) is 0 Å². The lowest BCUT2D eigenvalue weighted by molar-refractivity contribution is 0.922. The van der Waals surface area contributed by atoms with E-state index in [1.54, 1.807) is 0 Å². The maximum atomic E-state index is 7.48. The minimum Gasteiger partial charge on any atom is -0.384 e. The number of anilines is 1. The van der Waals surface area contributed by atoms with Crippen LogP contribution in [0.5, 0.6) is 0 Å². The highest BCUT2D eigenvalue weighted by molar-refractivity contribution is 9.10. The number of benzene rings is 2. The molecule has 0 saturated carbocycles. The Kier molecular flexibility index (Phi) is 4.68. The molecule has 0 bridgehead atoms. The summed E-state index contributed by atoms with van der Waals surface area (Å²) in [5.41, 5.74) is 8.39. The van der Waals surface area contributed by atoms with Crippen molar-refractivity contribution in [3.8, 4) is 0 Å². The predicted octanol–water partition coefficient (Wildman–Crippen LogP) is 4.02. The van der Waals surface area contributed by atoms with Crippen LogP contribution in [-0.2, 0) is 6.54 Å². The lowest BCUT2D eigenvalue weighted by Crippen LogP contribution is -2.17. The summed E-state index contributed by atoms with van der Waals surface area (Å²) in [7, 11) is 2.01. The number of nitrogens with two attached hydrogens (primary N) is 1. The van der Waals surface area contributed by atoms with Gasteiger partial charge in [0.05, 0.1) is 0 Å². The summed E-state index contributed by atoms with van der Waals surface area (Å²) in [5.74, 6) is 0.0564. The first kappa shape index (κ1) is 14.9. The van der Waals surface area contributed by atoms with Gasteiger partial charge in [0, 0.05) is 34.3 Å². The van der Waals surface area contributed by atoms with Gasteiger partial charge in [0.25, 0.3) is 0 Å². The van der Waals surface area contributed by atoms with Crippen molar-refractivity contribution in [1.29, 1.82) is 5.41 Å². The Morgan fingerprint density at radius 3 is 2.65 bits per heavy atom. The molecule has 2 rings (SSSR count). The van der Waals surface area contributed by atoms with Gasteiger partial charge >= 0.3 is 0 Å². The SMILES string of the molecule is CN(Cc1cccc(Cl)c1)c1ccc(C(=N)N)c(Br)c1. The summed E-state index contributed by atoms with van der Waals surface area (Å²) in [6.45, 7) is 0.756. The molecule has 20 heavy (non-hydrogen) atoms. The molecule has 0 spiro atoms. The first-order valence-corrected chi connectivity index (χ1v) is 7.24. The summed E-state index contributed by atoms with van der Waals surface area (Å²) in [6, 6.07) is 13.6. The fourth-order valence-electron chi connectivity index (χ4n) is 1.96. The molecule has 3 nitrogen and oxygen atoms in total. The van der Waals surface area contributed by atoms with Crippen LogP contribution in [0.3, 0.4) is 0 Å². The van der Waals surface area contributed by atoms with Crippen LogP contribution in [0.2, 0.25) is 5.02 Å². The fraction of sp³-hybridized carbons (Fsp3) is 0.133. The lowest BCUT2D eigenvalue weighted by Gasteiger charge is -2.20. The van der Waals surface area contributed by atoms with Gasteiger partial charge in [0.1, 0.15) is 5.84 Å². The highest BCUT2D eigenvalue weighted by Gasteiger charge is 2.07. The topological polar surface area (TPSA) is 53.1 Å². The van der Waals surface area contributed by atoms with Gasteiger partial charge in [-0.2, -0.15) is 0 Å². The van der Waals surface area contributed by atoms with Crippen LogP contribution in [0.15, 0.2) is 46.9 Å². The van der Waals surface area contributed by atoms with E-state index in [0.717, 1.165) is 27.3 Å². The van der Waals surface area contributed by atoms with E-state index < -0.39 is 0 Å². The first-order valence-electron chi connectivity index (χ1n) is 6.07. The summed E-state index contributed by atoms with van der Waals surface area (Å²) in [5, 5.41) is 8.22. The van der Waals surface area contributed by atoms with Crippen molar-refractivity contribution in [2.45, 2.75) is 6.54 Å². The van der Waals surface area contributed by atoms with Crippen LogP contribution in [0.1, 0.15) is 11.1 Å². The Bertz CT molecular complexity index is 643. The number of amidine groups is 1. The Morgan fingerprint density at radius 1 is 1.30 bits per heavy atom. The minimum atomic E-state index is 0.0564. The molecule has 0 fully saturated rings. The number of nitrogens with one attached hydrogen (secondary N) is 1. The third kappa shape index (κ3) is 3.52. The van der Waals surface area contributed by atoms with Gasteiger partial charge in [-0.1, -0.05) is 23.7 Å². The highest BCUT2D eigenvalue weighted by atomic mass is 79.9. The molecule has 0 radical (unpaired) electrons. The third-order valence-electron chi connectivity index (χ3n) is 2.99.